The number of carbonyl (C=O) groups excluding carboxylic acids is 1. The molecule has 1 amide bonds. The van der Waals surface area contributed by atoms with E-state index in [1.165, 1.54) is 0 Å². The quantitative estimate of drug-likeness (QED) is 0.851. The first-order chi connectivity index (χ1) is 12.1. The molecule has 2 aromatic heterocycles. The van der Waals surface area contributed by atoms with Crippen molar-refractivity contribution in [1.29, 1.82) is 0 Å². The Labute approximate surface area is 145 Å². The highest BCUT2D eigenvalue weighted by Crippen LogP contribution is 2.18. The van der Waals surface area contributed by atoms with Gasteiger partial charge in [-0.1, -0.05) is 5.16 Å². The van der Waals surface area contributed by atoms with Gasteiger partial charge in [0.2, 0.25) is 5.95 Å². The van der Waals surface area contributed by atoms with Crippen molar-refractivity contribution < 1.29 is 14.1 Å². The second kappa shape index (κ2) is 7.82. The number of rotatable bonds is 5. The molecule has 0 radical (unpaired) electrons. The van der Waals surface area contributed by atoms with Crippen molar-refractivity contribution in [2.45, 2.75) is 32.7 Å². The summed E-state index contributed by atoms with van der Waals surface area (Å²) in [7, 11) is 0. The maximum Gasteiger partial charge on any atom is 0.409 e. The minimum atomic E-state index is -0.239. The molecule has 1 aliphatic rings. The van der Waals surface area contributed by atoms with Crippen LogP contribution in [0.5, 0.6) is 0 Å². The number of piperidine rings is 1. The molecule has 134 valence electrons. The van der Waals surface area contributed by atoms with Gasteiger partial charge in [-0.2, -0.15) is 4.98 Å². The molecule has 1 saturated heterocycles. The number of carbonyl (C=O) groups is 1. The van der Waals surface area contributed by atoms with E-state index >= 15 is 0 Å². The van der Waals surface area contributed by atoms with E-state index in [-0.39, 0.29) is 12.1 Å². The fraction of sp³-hybridized carbons (Fsp3) is 0.500. The summed E-state index contributed by atoms with van der Waals surface area (Å²) in [5.41, 5.74) is 0. The summed E-state index contributed by atoms with van der Waals surface area (Å²) in [6.45, 7) is 5.38. The van der Waals surface area contributed by atoms with Gasteiger partial charge in [0.15, 0.2) is 5.82 Å². The predicted molar refractivity (Wildman–Crippen MR) is 91.8 cm³/mol. The van der Waals surface area contributed by atoms with Gasteiger partial charge < -0.3 is 24.8 Å². The highest BCUT2D eigenvalue weighted by Gasteiger charge is 2.23. The largest absolute Gasteiger partial charge is 0.450 e. The lowest BCUT2D eigenvalue weighted by molar-refractivity contribution is 0.0983. The number of ether oxygens (including phenoxy) is 1. The Balaban J connectivity index is 1.53. The molecule has 3 rings (SSSR count). The van der Waals surface area contributed by atoms with Gasteiger partial charge in [0.1, 0.15) is 11.6 Å². The summed E-state index contributed by atoms with van der Waals surface area (Å²) in [6, 6.07) is 3.84. The molecular weight excluding hydrogens is 324 g/mol. The second-order valence-electron chi connectivity index (χ2n) is 5.82. The highest BCUT2D eigenvalue weighted by atomic mass is 16.6. The van der Waals surface area contributed by atoms with Crippen LogP contribution < -0.4 is 10.6 Å². The molecule has 1 aliphatic heterocycles. The predicted octanol–water partition coefficient (Wildman–Crippen LogP) is 2.55. The van der Waals surface area contributed by atoms with Gasteiger partial charge in [0.05, 0.1) is 6.61 Å². The van der Waals surface area contributed by atoms with Gasteiger partial charge in [-0.25, -0.2) is 9.78 Å². The Hall–Kier alpha value is -2.84. The molecule has 0 saturated carbocycles. The third-order valence-electron chi connectivity index (χ3n) is 3.90. The van der Waals surface area contributed by atoms with Crippen molar-refractivity contribution in [2.24, 2.45) is 0 Å². The monoisotopic (exact) mass is 346 g/mol. The van der Waals surface area contributed by atoms with Gasteiger partial charge in [0.25, 0.3) is 0 Å². The topological polar surface area (TPSA) is 105 Å². The van der Waals surface area contributed by atoms with E-state index in [1.807, 2.05) is 19.9 Å². The van der Waals surface area contributed by atoms with Crippen LogP contribution >= 0.6 is 0 Å². The van der Waals surface area contributed by atoms with Crippen LogP contribution in [-0.4, -0.2) is 51.9 Å². The number of anilines is 3. The molecule has 1 fully saturated rings. The number of nitrogens with zero attached hydrogens (tertiary/aromatic N) is 4. The summed E-state index contributed by atoms with van der Waals surface area (Å²) < 4.78 is 10.0. The van der Waals surface area contributed by atoms with Crippen molar-refractivity contribution in [3.05, 3.63) is 24.1 Å². The Morgan fingerprint density at radius 1 is 1.40 bits per heavy atom. The third kappa shape index (κ3) is 4.59. The molecule has 9 nitrogen and oxygen atoms in total. The summed E-state index contributed by atoms with van der Waals surface area (Å²) in [5, 5.41) is 10.3. The molecule has 0 aliphatic carbocycles. The van der Waals surface area contributed by atoms with Gasteiger partial charge in [-0.3, -0.25) is 0 Å². The van der Waals surface area contributed by atoms with Crippen LogP contribution in [0.2, 0.25) is 0 Å². The molecule has 0 bridgehead atoms. The number of aromatic nitrogens is 3. The Morgan fingerprint density at radius 2 is 2.20 bits per heavy atom. The Morgan fingerprint density at radius 3 is 2.88 bits per heavy atom. The zero-order chi connectivity index (χ0) is 17.6. The maximum absolute atomic E-state index is 11.7. The van der Waals surface area contributed by atoms with Crippen LogP contribution in [0.3, 0.4) is 0 Å². The fourth-order valence-corrected chi connectivity index (χ4v) is 2.67. The smallest absolute Gasteiger partial charge is 0.409 e. The first kappa shape index (κ1) is 17.0. The second-order valence-corrected chi connectivity index (χ2v) is 5.82. The van der Waals surface area contributed by atoms with Crippen molar-refractivity contribution in [3.63, 3.8) is 0 Å². The van der Waals surface area contributed by atoms with Crippen LogP contribution in [0.25, 0.3) is 0 Å². The van der Waals surface area contributed by atoms with Crippen LogP contribution in [0.4, 0.5) is 22.4 Å². The third-order valence-corrected chi connectivity index (χ3v) is 3.90. The summed E-state index contributed by atoms with van der Waals surface area (Å²) in [6.07, 6.45) is 3.12. The van der Waals surface area contributed by atoms with Crippen LogP contribution in [0.15, 0.2) is 22.9 Å². The molecular formula is C16H22N6O3. The SMILES string of the molecule is CCOC(=O)N1CCC(Nc2ccnc(Nc3cc(C)on3)n2)CC1. The number of hydrogen-bond acceptors (Lipinski definition) is 8. The average Bonchev–Trinajstić information content (AvgIpc) is 3.01. The van der Waals surface area contributed by atoms with Gasteiger partial charge in [-0.05, 0) is 32.8 Å². The van der Waals surface area contributed by atoms with E-state index in [4.69, 9.17) is 9.26 Å². The van der Waals surface area contributed by atoms with Gasteiger partial charge in [-0.15, -0.1) is 0 Å². The minimum absolute atomic E-state index is 0.239. The van der Waals surface area contributed by atoms with E-state index in [1.54, 1.807) is 17.2 Å². The highest BCUT2D eigenvalue weighted by molar-refractivity contribution is 5.67. The summed E-state index contributed by atoms with van der Waals surface area (Å²) in [4.78, 5) is 22.1. The molecule has 9 heteroatoms. The zero-order valence-corrected chi connectivity index (χ0v) is 14.4. The van der Waals surface area contributed by atoms with Crippen LogP contribution in [-0.2, 0) is 4.74 Å². The average molecular weight is 346 g/mol. The van der Waals surface area contributed by atoms with Gasteiger partial charge >= 0.3 is 6.09 Å². The van der Waals surface area contributed by atoms with E-state index in [0.717, 1.165) is 18.7 Å². The minimum Gasteiger partial charge on any atom is -0.450 e. The standard InChI is InChI=1S/C16H22N6O3/c1-3-24-16(23)22-8-5-12(6-9-22)18-13-4-7-17-15(19-13)20-14-10-11(2)25-21-14/h4,7,10,12H,3,5-6,8-9H2,1-2H3,(H2,17,18,19,20,21). The zero-order valence-electron chi connectivity index (χ0n) is 14.4. The molecule has 0 aromatic carbocycles. The normalized spacial score (nSPS) is 15.0. The van der Waals surface area contributed by atoms with Gasteiger partial charge in [0, 0.05) is 31.4 Å². The summed E-state index contributed by atoms with van der Waals surface area (Å²) >= 11 is 0. The number of amides is 1. The first-order valence-corrected chi connectivity index (χ1v) is 8.35. The Kier molecular flexibility index (Phi) is 5.32. The number of likely N-dealkylation sites (tertiary alicyclic amines) is 1. The lowest BCUT2D eigenvalue weighted by Gasteiger charge is -2.31. The molecule has 0 spiro atoms. The molecule has 0 unspecified atom stereocenters. The van der Waals surface area contributed by atoms with Crippen LogP contribution in [0.1, 0.15) is 25.5 Å². The van der Waals surface area contributed by atoms with Crippen molar-refractivity contribution >= 4 is 23.7 Å². The van der Waals surface area contributed by atoms with E-state index in [2.05, 4.69) is 25.8 Å². The molecule has 2 N–H and O–H groups in total. The summed E-state index contributed by atoms with van der Waals surface area (Å²) in [5.74, 6) is 2.46. The lowest BCUT2D eigenvalue weighted by atomic mass is 10.1. The first-order valence-electron chi connectivity index (χ1n) is 8.35. The van der Waals surface area contributed by atoms with Crippen molar-refractivity contribution in [3.8, 4) is 0 Å². The molecule has 25 heavy (non-hydrogen) atoms. The lowest BCUT2D eigenvalue weighted by Crippen LogP contribution is -2.42. The molecule has 0 atom stereocenters. The number of hydrogen-bond donors (Lipinski definition) is 2. The molecule has 2 aromatic rings. The number of nitrogens with one attached hydrogen (secondary N) is 2. The Bertz CT molecular complexity index is 711. The van der Waals surface area contributed by atoms with E-state index < -0.39 is 0 Å². The van der Waals surface area contributed by atoms with Crippen LogP contribution in [0, 0.1) is 6.92 Å². The van der Waals surface area contributed by atoms with Crippen molar-refractivity contribution in [2.75, 3.05) is 30.3 Å². The fourth-order valence-electron chi connectivity index (χ4n) is 2.67. The molecule has 3 heterocycles. The van der Waals surface area contributed by atoms with Crippen molar-refractivity contribution in [1.82, 2.24) is 20.0 Å². The number of aryl methyl sites for hydroxylation is 1. The van der Waals surface area contributed by atoms with E-state index in [9.17, 15) is 4.79 Å². The maximum atomic E-state index is 11.7. The van der Waals surface area contributed by atoms with E-state index in [0.29, 0.717) is 37.2 Å².